The Morgan fingerprint density at radius 2 is 1.44 bits per heavy atom. The Labute approximate surface area is 74.5 Å². The van der Waals surface area contributed by atoms with Crippen LogP contribution in [0.5, 0.6) is 0 Å². The molecule has 0 bridgehead atoms. The quantitative estimate of drug-likeness (QED) is 0.363. The second-order valence-electron chi connectivity index (χ2n) is 1.04. The maximum atomic E-state index is 2.19. The fourth-order valence-corrected chi connectivity index (χ4v) is 9.35. The van der Waals surface area contributed by atoms with Gasteiger partial charge < -0.3 is 6.98 Å². The van der Waals surface area contributed by atoms with Crippen molar-refractivity contribution in [3.63, 3.8) is 0 Å². The number of rotatable bonds is 6. The minimum Gasteiger partial charge on any atom is -0.379 e. The molecule has 0 heterocycles. The smallest absolute Gasteiger partial charge is 0.00156 e. The zero-order chi connectivity index (χ0) is 6.95. The van der Waals surface area contributed by atoms with Crippen LogP contribution >= 0.6 is 49.4 Å². The SMILES string of the molecule is CCSS[P-]SSCC. The fraction of sp³-hybridized carbons (Fsp3) is 1.00. The third-order valence-corrected chi connectivity index (χ3v) is 9.90. The molecule has 0 spiro atoms. The van der Waals surface area contributed by atoms with Gasteiger partial charge in [0, 0.05) is 0 Å². The summed E-state index contributed by atoms with van der Waals surface area (Å²) in [4.78, 5) is 0. The first-order chi connectivity index (χ1) is 4.41. The molecule has 0 aliphatic heterocycles. The minimum absolute atomic E-state index is 1.22. The van der Waals surface area contributed by atoms with Crippen LogP contribution in [-0.4, -0.2) is 11.5 Å². The van der Waals surface area contributed by atoms with Crippen LogP contribution in [0.3, 0.4) is 0 Å². The summed E-state index contributed by atoms with van der Waals surface area (Å²) >= 11 is 0. The highest BCUT2D eigenvalue weighted by Crippen LogP contribution is 2.54. The standard InChI is InChI=1S/C4H10PS4/c1-3-6-8-5-9-7-4-2/h3-4H2,1-2H3/q-1. The van der Waals surface area contributed by atoms with Gasteiger partial charge in [-0.2, -0.15) is 0 Å². The van der Waals surface area contributed by atoms with Gasteiger partial charge in [0.15, 0.2) is 0 Å². The maximum Gasteiger partial charge on any atom is -0.00156 e. The molecule has 0 aromatic carbocycles. The Morgan fingerprint density at radius 3 is 1.78 bits per heavy atom. The van der Waals surface area contributed by atoms with Crippen LogP contribution in [0, 0.1) is 0 Å². The highest BCUT2D eigenvalue weighted by Gasteiger charge is 1.72. The van der Waals surface area contributed by atoms with E-state index in [2.05, 4.69) is 13.8 Å². The van der Waals surface area contributed by atoms with Crippen molar-refractivity contribution in [3.8, 4) is 0 Å². The second-order valence-corrected chi connectivity index (χ2v) is 9.89. The molecule has 0 rings (SSSR count). The Kier molecular flexibility index (Phi) is 11.8. The maximum absolute atomic E-state index is 2.19. The molecule has 0 aliphatic carbocycles. The van der Waals surface area contributed by atoms with E-state index in [-0.39, 0.29) is 0 Å². The van der Waals surface area contributed by atoms with Crippen molar-refractivity contribution in [3.05, 3.63) is 0 Å². The van der Waals surface area contributed by atoms with Crippen LogP contribution in [0.2, 0.25) is 0 Å². The van der Waals surface area contributed by atoms with Crippen molar-refractivity contribution in [2.24, 2.45) is 0 Å². The first kappa shape index (κ1) is 10.8. The Morgan fingerprint density at radius 1 is 1.00 bits per heavy atom. The first-order valence-electron chi connectivity index (χ1n) is 2.69. The van der Waals surface area contributed by atoms with Gasteiger partial charge in [-0.15, -0.1) is 21.6 Å². The summed E-state index contributed by atoms with van der Waals surface area (Å²) in [6, 6.07) is 0. The van der Waals surface area contributed by atoms with Crippen LogP contribution in [-0.2, 0) is 0 Å². The molecule has 0 saturated carbocycles. The third kappa shape index (κ3) is 9.83. The molecule has 0 aromatic heterocycles. The monoisotopic (exact) mass is 217 g/mol. The van der Waals surface area contributed by atoms with Crippen LogP contribution in [0.25, 0.3) is 0 Å². The largest absolute Gasteiger partial charge is 0.379 e. The van der Waals surface area contributed by atoms with Crippen LogP contribution in [0.15, 0.2) is 0 Å². The summed E-state index contributed by atoms with van der Waals surface area (Å²) < 4.78 is 0. The zero-order valence-corrected chi connectivity index (χ0v) is 9.65. The molecular formula is C4H10PS4-. The van der Waals surface area contributed by atoms with E-state index >= 15 is 0 Å². The lowest BCUT2D eigenvalue weighted by atomic mass is 11.0. The van der Waals surface area contributed by atoms with Gasteiger partial charge in [0.1, 0.15) is 0 Å². The average Bonchev–Trinajstić information content (AvgIpc) is 1.89. The molecule has 0 nitrogen and oxygen atoms in total. The van der Waals surface area contributed by atoms with E-state index in [0.29, 0.717) is 0 Å². The zero-order valence-electron chi connectivity index (χ0n) is 5.49. The minimum atomic E-state index is 1.22. The Balaban J connectivity index is 2.60. The van der Waals surface area contributed by atoms with Gasteiger partial charge in [0.2, 0.25) is 0 Å². The fourth-order valence-electron chi connectivity index (χ4n) is 0.161. The van der Waals surface area contributed by atoms with Crippen LogP contribution in [0.4, 0.5) is 0 Å². The van der Waals surface area contributed by atoms with Gasteiger partial charge in [-0.3, -0.25) is 20.8 Å². The van der Waals surface area contributed by atoms with E-state index in [0.717, 1.165) is 0 Å². The van der Waals surface area contributed by atoms with E-state index in [9.17, 15) is 0 Å². The van der Waals surface area contributed by atoms with E-state index in [1.54, 1.807) is 0 Å². The summed E-state index contributed by atoms with van der Waals surface area (Å²) in [5.74, 6) is 2.43. The molecule has 0 unspecified atom stereocenters. The molecule has 0 aliphatic rings. The molecule has 0 fully saturated rings. The molecule has 0 radical (unpaired) electrons. The lowest BCUT2D eigenvalue weighted by Gasteiger charge is -2.13. The van der Waals surface area contributed by atoms with Gasteiger partial charge in [-0.1, -0.05) is 13.8 Å². The molecule has 0 amide bonds. The van der Waals surface area contributed by atoms with Crippen molar-refractivity contribution in [2.75, 3.05) is 11.5 Å². The van der Waals surface area contributed by atoms with Crippen molar-refractivity contribution in [2.45, 2.75) is 13.8 Å². The summed E-state index contributed by atoms with van der Waals surface area (Å²) in [6.45, 7) is 5.80. The van der Waals surface area contributed by atoms with Crippen molar-refractivity contribution < 1.29 is 0 Å². The molecular weight excluding hydrogens is 207 g/mol. The molecule has 0 N–H and O–H groups in total. The summed E-state index contributed by atoms with van der Waals surface area (Å²) in [6.07, 6.45) is 0. The number of hydrogen-bond acceptors (Lipinski definition) is 4. The molecule has 5 heteroatoms. The van der Waals surface area contributed by atoms with E-state index < -0.39 is 0 Å². The molecule has 56 valence electrons. The summed E-state index contributed by atoms with van der Waals surface area (Å²) in [7, 11) is 7.71. The summed E-state index contributed by atoms with van der Waals surface area (Å²) in [5.41, 5.74) is 0. The van der Waals surface area contributed by atoms with Gasteiger partial charge in [0.25, 0.3) is 0 Å². The number of hydrogen-bond donors (Lipinski definition) is 0. The highest BCUT2D eigenvalue weighted by molar-refractivity contribution is 9.18. The van der Waals surface area contributed by atoms with Gasteiger partial charge in [0.05, 0.1) is 0 Å². The topological polar surface area (TPSA) is 0 Å². The molecule has 0 atom stereocenters. The van der Waals surface area contributed by atoms with E-state index in [4.69, 9.17) is 0 Å². The predicted molar refractivity (Wildman–Crippen MR) is 58.4 cm³/mol. The van der Waals surface area contributed by atoms with Crippen LogP contribution < -0.4 is 0 Å². The molecule has 0 saturated heterocycles. The van der Waals surface area contributed by atoms with Gasteiger partial charge in [-0.25, -0.2) is 0 Å². The Hall–Kier alpha value is 1.83. The molecule has 0 aromatic rings. The lowest BCUT2D eigenvalue weighted by Crippen LogP contribution is -1.52. The third-order valence-electron chi connectivity index (χ3n) is 0.402. The van der Waals surface area contributed by atoms with E-state index in [1.807, 2.05) is 42.4 Å². The highest BCUT2D eigenvalue weighted by atomic mass is 33.5. The predicted octanol–water partition coefficient (Wildman–Crippen LogP) is 4.57. The lowest BCUT2D eigenvalue weighted by molar-refractivity contribution is 1.54. The van der Waals surface area contributed by atoms with Gasteiger partial charge >= 0.3 is 0 Å². The summed E-state index contributed by atoms with van der Waals surface area (Å²) in [5, 5.41) is 0. The van der Waals surface area contributed by atoms with E-state index in [1.165, 1.54) is 18.5 Å². The Bertz CT molecular complexity index is 45.8. The first-order valence-corrected chi connectivity index (χ1v) is 9.43. The van der Waals surface area contributed by atoms with Crippen molar-refractivity contribution in [1.82, 2.24) is 0 Å². The van der Waals surface area contributed by atoms with Crippen molar-refractivity contribution >= 4 is 49.4 Å². The average molecular weight is 217 g/mol. The van der Waals surface area contributed by atoms with Gasteiger partial charge in [-0.05, 0) is 11.5 Å². The van der Waals surface area contributed by atoms with Crippen LogP contribution in [0.1, 0.15) is 13.8 Å². The second kappa shape index (κ2) is 9.83. The molecule has 9 heavy (non-hydrogen) atoms. The normalized spacial score (nSPS) is 10.0. The van der Waals surface area contributed by atoms with Crippen molar-refractivity contribution in [1.29, 1.82) is 0 Å².